The number of piperidine rings is 1. The maximum atomic E-state index is 12.4. The number of rotatable bonds is 2. The molecule has 2 atom stereocenters. The standard InChI is InChI=1S/C15H19N5O/c21-15-12-5-1-2-6-13(12)17-18-20(15)10-19-8-11-4-3-7-16-14(11)9-19/h1-2,5-6,11,14,16H,3-4,7-10H2. The van der Waals surface area contributed by atoms with Crippen LogP contribution in [0.25, 0.3) is 10.9 Å². The quantitative estimate of drug-likeness (QED) is 0.867. The van der Waals surface area contributed by atoms with E-state index < -0.39 is 0 Å². The van der Waals surface area contributed by atoms with Crippen molar-refractivity contribution in [3.05, 3.63) is 34.6 Å². The minimum atomic E-state index is -0.0524. The molecule has 2 aliphatic heterocycles. The first-order valence-electron chi connectivity index (χ1n) is 7.59. The van der Waals surface area contributed by atoms with Gasteiger partial charge < -0.3 is 5.32 Å². The fourth-order valence-electron chi connectivity index (χ4n) is 3.56. The molecule has 0 amide bonds. The SMILES string of the molecule is O=c1c2ccccc2nnn1CN1CC2CCCNC2C1. The second kappa shape index (κ2) is 5.20. The Hall–Kier alpha value is -1.79. The largest absolute Gasteiger partial charge is 0.312 e. The van der Waals surface area contributed by atoms with Crippen molar-refractivity contribution in [2.75, 3.05) is 19.6 Å². The van der Waals surface area contributed by atoms with Crippen LogP contribution in [-0.4, -0.2) is 45.6 Å². The maximum Gasteiger partial charge on any atom is 0.278 e. The predicted molar refractivity (Wildman–Crippen MR) is 79.9 cm³/mol. The van der Waals surface area contributed by atoms with Crippen molar-refractivity contribution in [2.24, 2.45) is 5.92 Å². The van der Waals surface area contributed by atoms with Crippen molar-refractivity contribution < 1.29 is 0 Å². The first-order valence-corrected chi connectivity index (χ1v) is 7.59. The van der Waals surface area contributed by atoms with Crippen LogP contribution in [0.5, 0.6) is 0 Å². The van der Waals surface area contributed by atoms with E-state index >= 15 is 0 Å². The third-order valence-electron chi connectivity index (χ3n) is 4.64. The summed E-state index contributed by atoms with van der Waals surface area (Å²) in [5.74, 6) is 0.711. The van der Waals surface area contributed by atoms with Gasteiger partial charge in [-0.15, -0.1) is 5.10 Å². The highest BCUT2D eigenvalue weighted by Crippen LogP contribution is 2.24. The number of aromatic nitrogens is 3. The van der Waals surface area contributed by atoms with Gasteiger partial charge in [0, 0.05) is 19.1 Å². The van der Waals surface area contributed by atoms with Gasteiger partial charge in [0.25, 0.3) is 5.56 Å². The van der Waals surface area contributed by atoms with Crippen LogP contribution in [-0.2, 0) is 6.67 Å². The number of benzene rings is 1. The van der Waals surface area contributed by atoms with E-state index in [9.17, 15) is 4.79 Å². The van der Waals surface area contributed by atoms with E-state index in [1.54, 1.807) is 0 Å². The molecule has 2 unspecified atom stereocenters. The molecule has 0 radical (unpaired) electrons. The maximum absolute atomic E-state index is 12.4. The fourth-order valence-corrected chi connectivity index (χ4v) is 3.56. The molecule has 6 nitrogen and oxygen atoms in total. The molecule has 0 aliphatic carbocycles. The summed E-state index contributed by atoms with van der Waals surface area (Å²) in [6.45, 7) is 3.68. The molecule has 3 heterocycles. The molecule has 1 aromatic heterocycles. The van der Waals surface area contributed by atoms with Crippen LogP contribution in [0.3, 0.4) is 0 Å². The van der Waals surface area contributed by atoms with E-state index in [1.807, 2.05) is 24.3 Å². The molecular formula is C15H19N5O. The highest BCUT2D eigenvalue weighted by atomic mass is 16.1. The van der Waals surface area contributed by atoms with Gasteiger partial charge in [0.2, 0.25) is 0 Å². The summed E-state index contributed by atoms with van der Waals surface area (Å²) in [5, 5.41) is 12.4. The van der Waals surface area contributed by atoms with Crippen LogP contribution >= 0.6 is 0 Å². The lowest BCUT2D eigenvalue weighted by Crippen LogP contribution is -2.41. The Balaban J connectivity index is 1.57. The molecule has 0 saturated carbocycles. The molecule has 0 spiro atoms. The molecular weight excluding hydrogens is 266 g/mol. The smallest absolute Gasteiger partial charge is 0.278 e. The van der Waals surface area contributed by atoms with Gasteiger partial charge in [0.15, 0.2) is 0 Å². The third-order valence-corrected chi connectivity index (χ3v) is 4.64. The van der Waals surface area contributed by atoms with E-state index in [0.717, 1.165) is 19.6 Å². The summed E-state index contributed by atoms with van der Waals surface area (Å²) in [6.07, 6.45) is 2.54. The zero-order chi connectivity index (χ0) is 14.2. The van der Waals surface area contributed by atoms with Gasteiger partial charge in [-0.2, -0.15) is 4.68 Å². The molecule has 2 fully saturated rings. The van der Waals surface area contributed by atoms with Crippen LogP contribution in [0.1, 0.15) is 12.8 Å². The van der Waals surface area contributed by atoms with Crippen LogP contribution in [0.4, 0.5) is 0 Å². The highest BCUT2D eigenvalue weighted by molar-refractivity contribution is 5.76. The number of fused-ring (bicyclic) bond motifs is 2. The Labute approximate surface area is 122 Å². The highest BCUT2D eigenvalue weighted by Gasteiger charge is 2.34. The molecule has 1 aromatic carbocycles. The average molecular weight is 285 g/mol. The Morgan fingerprint density at radius 2 is 2.19 bits per heavy atom. The molecule has 110 valence electrons. The van der Waals surface area contributed by atoms with Crippen molar-refractivity contribution in [2.45, 2.75) is 25.6 Å². The number of hydrogen-bond donors (Lipinski definition) is 1. The lowest BCUT2D eigenvalue weighted by Gasteiger charge is -2.24. The molecule has 2 saturated heterocycles. The summed E-state index contributed by atoms with van der Waals surface area (Å²) >= 11 is 0. The molecule has 2 aliphatic rings. The Kier molecular flexibility index (Phi) is 3.20. The van der Waals surface area contributed by atoms with E-state index in [1.165, 1.54) is 17.5 Å². The van der Waals surface area contributed by atoms with Gasteiger partial charge in [0.05, 0.1) is 12.1 Å². The Morgan fingerprint density at radius 3 is 3.10 bits per heavy atom. The van der Waals surface area contributed by atoms with E-state index in [2.05, 4.69) is 20.5 Å². The molecule has 2 aromatic rings. The van der Waals surface area contributed by atoms with E-state index in [4.69, 9.17) is 0 Å². The minimum Gasteiger partial charge on any atom is -0.312 e. The van der Waals surface area contributed by atoms with Gasteiger partial charge in [0.1, 0.15) is 5.52 Å². The predicted octanol–water partition coefficient (Wildman–Crippen LogP) is 0.433. The zero-order valence-corrected chi connectivity index (χ0v) is 11.9. The first kappa shape index (κ1) is 12.9. The third kappa shape index (κ3) is 2.34. The number of likely N-dealkylation sites (tertiary alicyclic amines) is 1. The van der Waals surface area contributed by atoms with Crippen molar-refractivity contribution in [3.63, 3.8) is 0 Å². The molecule has 6 heteroatoms. The van der Waals surface area contributed by atoms with Crippen molar-refractivity contribution in [1.82, 2.24) is 25.2 Å². The van der Waals surface area contributed by atoms with Gasteiger partial charge in [-0.1, -0.05) is 17.3 Å². The number of nitrogens with one attached hydrogen (secondary N) is 1. The van der Waals surface area contributed by atoms with Crippen molar-refractivity contribution >= 4 is 10.9 Å². The summed E-state index contributed by atoms with van der Waals surface area (Å²) in [6, 6.07) is 7.95. The van der Waals surface area contributed by atoms with Gasteiger partial charge in [-0.05, 0) is 37.4 Å². The summed E-state index contributed by atoms with van der Waals surface area (Å²) in [5.41, 5.74) is 0.610. The molecule has 0 bridgehead atoms. The molecule has 4 rings (SSSR count). The lowest BCUT2D eigenvalue weighted by atomic mass is 9.94. The van der Waals surface area contributed by atoms with E-state index in [0.29, 0.717) is 29.5 Å². The zero-order valence-electron chi connectivity index (χ0n) is 11.9. The molecule has 21 heavy (non-hydrogen) atoms. The van der Waals surface area contributed by atoms with Crippen LogP contribution in [0, 0.1) is 5.92 Å². The number of nitrogens with zero attached hydrogens (tertiary/aromatic N) is 4. The van der Waals surface area contributed by atoms with Crippen LogP contribution < -0.4 is 10.9 Å². The lowest BCUT2D eigenvalue weighted by molar-refractivity contribution is 0.235. The van der Waals surface area contributed by atoms with Crippen molar-refractivity contribution in [3.8, 4) is 0 Å². The summed E-state index contributed by atoms with van der Waals surface area (Å²) < 4.78 is 1.49. The monoisotopic (exact) mass is 285 g/mol. The van der Waals surface area contributed by atoms with Gasteiger partial charge in [-0.3, -0.25) is 9.69 Å². The summed E-state index contributed by atoms with van der Waals surface area (Å²) in [4.78, 5) is 14.8. The Bertz CT molecular complexity index is 699. The average Bonchev–Trinajstić information content (AvgIpc) is 2.93. The van der Waals surface area contributed by atoms with Crippen molar-refractivity contribution in [1.29, 1.82) is 0 Å². The molecule has 1 N–H and O–H groups in total. The second-order valence-corrected chi connectivity index (χ2v) is 6.05. The van der Waals surface area contributed by atoms with Gasteiger partial charge in [-0.25, -0.2) is 0 Å². The minimum absolute atomic E-state index is 0.0524. The normalized spacial score (nSPS) is 26.1. The number of hydrogen-bond acceptors (Lipinski definition) is 5. The Morgan fingerprint density at radius 1 is 1.29 bits per heavy atom. The van der Waals surface area contributed by atoms with Crippen LogP contribution in [0.2, 0.25) is 0 Å². The van der Waals surface area contributed by atoms with Gasteiger partial charge >= 0.3 is 0 Å². The topological polar surface area (TPSA) is 63.1 Å². The van der Waals surface area contributed by atoms with Crippen LogP contribution in [0.15, 0.2) is 29.1 Å². The summed E-state index contributed by atoms with van der Waals surface area (Å²) in [7, 11) is 0. The second-order valence-electron chi connectivity index (χ2n) is 6.05. The first-order chi connectivity index (χ1) is 10.3. The fraction of sp³-hybridized carbons (Fsp3) is 0.533. The van der Waals surface area contributed by atoms with E-state index in [-0.39, 0.29) is 5.56 Å².